The first kappa shape index (κ1) is 20.1. The molecule has 1 unspecified atom stereocenters. The summed E-state index contributed by atoms with van der Waals surface area (Å²) in [4.78, 5) is 12.0. The normalized spacial score (nSPS) is 16.7. The largest absolute Gasteiger partial charge is 0.491 e. The van der Waals surface area contributed by atoms with E-state index in [-0.39, 0.29) is 24.4 Å². The van der Waals surface area contributed by atoms with E-state index in [0.717, 1.165) is 28.5 Å². The Bertz CT molecular complexity index is 496. The number of rotatable bonds is 8. The van der Waals surface area contributed by atoms with Crippen LogP contribution >= 0.6 is 24.2 Å². The molecule has 1 aromatic carbocycles. The second-order valence-electron chi connectivity index (χ2n) is 5.15. The highest BCUT2D eigenvalue weighted by Crippen LogP contribution is 2.20. The number of thioether (sulfide) groups is 1. The van der Waals surface area contributed by atoms with Crippen LogP contribution in [0.4, 0.5) is 0 Å². The monoisotopic (exact) mass is 360 g/mol. The molecule has 130 valence electrons. The van der Waals surface area contributed by atoms with Gasteiger partial charge in [0.2, 0.25) is 5.91 Å². The van der Waals surface area contributed by atoms with Crippen LogP contribution in [0.3, 0.4) is 0 Å². The second-order valence-corrected chi connectivity index (χ2v) is 6.18. The molecular formula is C16H25ClN2O3S. The maximum absolute atomic E-state index is 12.0. The molecule has 2 rings (SSSR count). The quantitative estimate of drug-likeness (QED) is 0.695. The van der Waals surface area contributed by atoms with Crippen LogP contribution in [0, 0.1) is 6.92 Å². The topological polar surface area (TPSA) is 59.6 Å². The molecule has 1 aromatic rings. The summed E-state index contributed by atoms with van der Waals surface area (Å²) in [5.74, 6) is 2.53. The minimum absolute atomic E-state index is 0. The van der Waals surface area contributed by atoms with Gasteiger partial charge in [-0.15, -0.1) is 24.2 Å². The first-order chi connectivity index (χ1) is 10.7. The van der Waals surface area contributed by atoms with E-state index >= 15 is 0 Å². The van der Waals surface area contributed by atoms with Crippen molar-refractivity contribution in [3.63, 3.8) is 0 Å². The molecule has 1 amide bonds. The molecule has 1 saturated heterocycles. The van der Waals surface area contributed by atoms with E-state index in [1.165, 1.54) is 0 Å². The zero-order chi connectivity index (χ0) is 15.8. The number of hydrogen-bond acceptors (Lipinski definition) is 5. The third-order valence-electron chi connectivity index (χ3n) is 3.40. The predicted octanol–water partition coefficient (Wildman–Crippen LogP) is 2.11. The van der Waals surface area contributed by atoms with Crippen molar-refractivity contribution >= 4 is 30.1 Å². The molecule has 0 spiro atoms. The van der Waals surface area contributed by atoms with Crippen LogP contribution in [0.2, 0.25) is 0 Å². The van der Waals surface area contributed by atoms with Crippen molar-refractivity contribution in [1.82, 2.24) is 10.6 Å². The average molecular weight is 361 g/mol. The molecular weight excluding hydrogens is 336 g/mol. The van der Waals surface area contributed by atoms with E-state index in [4.69, 9.17) is 9.47 Å². The lowest BCUT2D eigenvalue weighted by Gasteiger charge is -2.15. The lowest BCUT2D eigenvalue weighted by atomic mass is 10.1. The maximum Gasteiger partial charge on any atom is 0.238 e. The standard InChI is InChI=1S/C16H24N2O3S.ClH/c1-3-20-6-7-21-15-8-12(2)4-5-13(15)9-17-16(19)14-10-22-11-18-14;/h4-5,8,14,18H,3,6-7,9-11H2,1-2H3,(H,17,19);1H. The molecule has 2 N–H and O–H groups in total. The third kappa shape index (κ3) is 6.59. The lowest BCUT2D eigenvalue weighted by molar-refractivity contribution is -0.122. The summed E-state index contributed by atoms with van der Waals surface area (Å²) >= 11 is 1.74. The molecule has 1 fully saturated rings. The number of aryl methyl sites for hydroxylation is 1. The van der Waals surface area contributed by atoms with Gasteiger partial charge in [-0.05, 0) is 25.5 Å². The number of halogens is 1. The first-order valence-electron chi connectivity index (χ1n) is 7.59. The van der Waals surface area contributed by atoms with Crippen molar-refractivity contribution in [2.24, 2.45) is 0 Å². The van der Waals surface area contributed by atoms with Crippen LogP contribution in [0.1, 0.15) is 18.1 Å². The molecule has 7 heteroatoms. The highest BCUT2D eigenvalue weighted by atomic mass is 35.5. The summed E-state index contributed by atoms with van der Waals surface area (Å²) in [6.07, 6.45) is 0. The summed E-state index contributed by atoms with van der Waals surface area (Å²) in [6.45, 7) is 6.23. The summed E-state index contributed by atoms with van der Waals surface area (Å²) in [5.41, 5.74) is 2.12. The maximum atomic E-state index is 12.0. The van der Waals surface area contributed by atoms with E-state index in [9.17, 15) is 4.79 Å². The summed E-state index contributed by atoms with van der Waals surface area (Å²) in [5, 5.41) is 6.14. The van der Waals surface area contributed by atoms with Gasteiger partial charge in [-0.25, -0.2) is 0 Å². The molecule has 0 aliphatic carbocycles. The Morgan fingerprint density at radius 2 is 2.26 bits per heavy atom. The number of amides is 1. The number of carbonyl (C=O) groups excluding carboxylic acids is 1. The smallest absolute Gasteiger partial charge is 0.238 e. The molecule has 0 bridgehead atoms. The number of hydrogen-bond donors (Lipinski definition) is 2. The third-order valence-corrected chi connectivity index (χ3v) is 4.34. The van der Waals surface area contributed by atoms with Gasteiger partial charge in [-0.2, -0.15) is 0 Å². The molecule has 0 aromatic heterocycles. The Hall–Kier alpha value is -0.950. The molecule has 1 heterocycles. The summed E-state index contributed by atoms with van der Waals surface area (Å²) < 4.78 is 11.1. The Balaban J connectivity index is 0.00000264. The molecule has 0 saturated carbocycles. The molecule has 23 heavy (non-hydrogen) atoms. The summed E-state index contributed by atoms with van der Waals surface area (Å²) in [6, 6.07) is 5.94. The fraction of sp³-hybridized carbons (Fsp3) is 0.562. The van der Waals surface area contributed by atoms with Crippen molar-refractivity contribution in [3.05, 3.63) is 29.3 Å². The molecule has 1 aliphatic heterocycles. The predicted molar refractivity (Wildman–Crippen MR) is 96.5 cm³/mol. The minimum Gasteiger partial charge on any atom is -0.491 e. The number of nitrogens with one attached hydrogen (secondary N) is 2. The van der Waals surface area contributed by atoms with E-state index in [2.05, 4.69) is 10.6 Å². The van der Waals surface area contributed by atoms with Crippen molar-refractivity contribution in [3.8, 4) is 5.75 Å². The highest BCUT2D eigenvalue weighted by Gasteiger charge is 2.22. The van der Waals surface area contributed by atoms with Crippen LogP contribution in [0.25, 0.3) is 0 Å². The Morgan fingerprint density at radius 1 is 1.43 bits per heavy atom. The number of carbonyl (C=O) groups is 1. The van der Waals surface area contributed by atoms with Gasteiger partial charge in [-0.1, -0.05) is 12.1 Å². The van der Waals surface area contributed by atoms with E-state index in [1.54, 1.807) is 11.8 Å². The minimum atomic E-state index is -0.0854. The van der Waals surface area contributed by atoms with Crippen LogP contribution < -0.4 is 15.4 Å². The average Bonchev–Trinajstić information content (AvgIpc) is 3.05. The van der Waals surface area contributed by atoms with Crippen molar-refractivity contribution in [2.45, 2.75) is 26.4 Å². The Labute approximate surface area is 148 Å². The SMILES string of the molecule is CCOCCOc1cc(C)ccc1CNC(=O)C1CSCN1.Cl. The van der Waals surface area contributed by atoms with Gasteiger partial charge in [0, 0.05) is 30.3 Å². The molecule has 0 radical (unpaired) electrons. The van der Waals surface area contributed by atoms with E-state index in [1.807, 2.05) is 32.0 Å². The van der Waals surface area contributed by atoms with E-state index in [0.29, 0.717) is 26.4 Å². The zero-order valence-corrected chi connectivity index (χ0v) is 15.2. The fourth-order valence-electron chi connectivity index (χ4n) is 2.17. The van der Waals surface area contributed by atoms with Gasteiger partial charge in [0.1, 0.15) is 12.4 Å². The van der Waals surface area contributed by atoms with Gasteiger partial charge in [0.15, 0.2) is 0 Å². The van der Waals surface area contributed by atoms with Crippen LogP contribution in [0.15, 0.2) is 18.2 Å². The number of benzene rings is 1. The fourth-order valence-corrected chi connectivity index (χ4v) is 3.11. The highest BCUT2D eigenvalue weighted by molar-refractivity contribution is 7.99. The van der Waals surface area contributed by atoms with Crippen molar-refractivity contribution in [2.75, 3.05) is 31.5 Å². The second kappa shape index (κ2) is 10.8. The first-order valence-corrected chi connectivity index (χ1v) is 8.75. The Kier molecular flexibility index (Phi) is 9.40. The number of ether oxygens (including phenoxy) is 2. The molecule has 1 atom stereocenters. The van der Waals surface area contributed by atoms with Crippen LogP contribution in [0.5, 0.6) is 5.75 Å². The summed E-state index contributed by atoms with van der Waals surface area (Å²) in [7, 11) is 0. The molecule has 5 nitrogen and oxygen atoms in total. The zero-order valence-electron chi connectivity index (χ0n) is 13.6. The lowest BCUT2D eigenvalue weighted by Crippen LogP contribution is -2.41. The van der Waals surface area contributed by atoms with Gasteiger partial charge < -0.3 is 14.8 Å². The van der Waals surface area contributed by atoms with Crippen molar-refractivity contribution in [1.29, 1.82) is 0 Å². The van der Waals surface area contributed by atoms with Gasteiger partial charge in [0.25, 0.3) is 0 Å². The van der Waals surface area contributed by atoms with Crippen LogP contribution in [-0.2, 0) is 16.1 Å². The van der Waals surface area contributed by atoms with Crippen molar-refractivity contribution < 1.29 is 14.3 Å². The van der Waals surface area contributed by atoms with Gasteiger partial charge in [-0.3, -0.25) is 10.1 Å². The van der Waals surface area contributed by atoms with E-state index < -0.39 is 0 Å². The van der Waals surface area contributed by atoms with Gasteiger partial charge in [0.05, 0.1) is 12.6 Å². The van der Waals surface area contributed by atoms with Gasteiger partial charge >= 0.3 is 0 Å². The molecule has 1 aliphatic rings. The van der Waals surface area contributed by atoms with Crippen LogP contribution in [-0.4, -0.2) is 43.4 Å². The Morgan fingerprint density at radius 3 is 2.96 bits per heavy atom.